The van der Waals surface area contributed by atoms with E-state index in [2.05, 4.69) is 6.92 Å². The van der Waals surface area contributed by atoms with Gasteiger partial charge in [0.25, 0.3) is 0 Å². The van der Waals surface area contributed by atoms with Crippen LogP contribution in [0.3, 0.4) is 0 Å². The van der Waals surface area contributed by atoms with Crippen LogP contribution in [0, 0.1) is 0 Å². The molecule has 0 saturated heterocycles. The van der Waals surface area contributed by atoms with E-state index in [-0.39, 0.29) is 5.56 Å². The van der Waals surface area contributed by atoms with Gasteiger partial charge in [0.2, 0.25) is 0 Å². The molecule has 2 aromatic heterocycles. The summed E-state index contributed by atoms with van der Waals surface area (Å²) in [6.45, 7) is 2.12. The third-order valence-electron chi connectivity index (χ3n) is 4.69. The van der Waals surface area contributed by atoms with Crippen LogP contribution in [0.4, 0.5) is 0 Å². The van der Waals surface area contributed by atoms with Crippen molar-refractivity contribution in [3.05, 3.63) is 81.3 Å². The number of rotatable bonds is 9. The highest BCUT2D eigenvalue weighted by Gasteiger charge is 2.14. The van der Waals surface area contributed by atoms with Crippen LogP contribution in [0.15, 0.2) is 59.5 Å². The Morgan fingerprint density at radius 2 is 1.83 bits per heavy atom. The number of aromatic carboxylic acids is 1. The minimum absolute atomic E-state index is 0.219. The highest BCUT2D eigenvalue weighted by Crippen LogP contribution is 2.24. The van der Waals surface area contributed by atoms with Gasteiger partial charge in [-0.25, -0.2) is 9.59 Å². The van der Waals surface area contributed by atoms with Gasteiger partial charge in [-0.2, -0.15) is 0 Å². The smallest absolute Gasteiger partial charge is 0.335 e. The van der Waals surface area contributed by atoms with Gasteiger partial charge in [-0.3, -0.25) is 0 Å². The molecule has 2 heterocycles. The van der Waals surface area contributed by atoms with Gasteiger partial charge < -0.3 is 14.8 Å². The maximum absolute atomic E-state index is 11.8. The number of aliphatic carboxylic acids is 1. The van der Waals surface area contributed by atoms with Crippen LogP contribution >= 0.6 is 11.3 Å². The summed E-state index contributed by atoms with van der Waals surface area (Å²) in [4.78, 5) is 24.0. The Balaban J connectivity index is 2.04. The van der Waals surface area contributed by atoms with Crippen molar-refractivity contribution < 1.29 is 19.8 Å². The van der Waals surface area contributed by atoms with Gasteiger partial charge in [0.1, 0.15) is 0 Å². The van der Waals surface area contributed by atoms with Crippen molar-refractivity contribution >= 4 is 29.4 Å². The average Bonchev–Trinajstić information content (AvgIpc) is 3.35. The summed E-state index contributed by atoms with van der Waals surface area (Å²) in [7, 11) is 0. The number of carboxylic acid groups (broad SMARTS) is 2. The molecule has 29 heavy (non-hydrogen) atoms. The summed E-state index contributed by atoms with van der Waals surface area (Å²) in [6.07, 6.45) is 5.00. The van der Waals surface area contributed by atoms with Gasteiger partial charge in [0.05, 0.1) is 5.56 Å². The molecule has 0 fully saturated rings. The Kier molecular flexibility index (Phi) is 6.67. The molecule has 0 aliphatic carbocycles. The maximum atomic E-state index is 11.8. The van der Waals surface area contributed by atoms with Crippen molar-refractivity contribution in [3.63, 3.8) is 0 Å². The second-order valence-corrected chi connectivity index (χ2v) is 7.80. The lowest BCUT2D eigenvalue weighted by Gasteiger charge is -2.13. The molecule has 0 aliphatic rings. The van der Waals surface area contributed by atoms with E-state index in [0.717, 1.165) is 41.2 Å². The number of thiophene rings is 1. The van der Waals surface area contributed by atoms with E-state index < -0.39 is 11.9 Å². The normalized spacial score (nSPS) is 11.6. The number of aromatic nitrogens is 1. The minimum atomic E-state index is -0.973. The molecule has 6 heteroatoms. The monoisotopic (exact) mass is 409 g/mol. The van der Waals surface area contributed by atoms with E-state index in [9.17, 15) is 14.7 Å². The van der Waals surface area contributed by atoms with Gasteiger partial charge in [0.15, 0.2) is 0 Å². The van der Waals surface area contributed by atoms with E-state index in [1.54, 1.807) is 30.3 Å². The third-order valence-corrected chi connectivity index (χ3v) is 5.57. The SMILES string of the molecule is CCCCc1ccc(/C=C(\Cc2cccs2)C(=O)O)n1-c1ccc(C(=O)O)cc1. The summed E-state index contributed by atoms with van der Waals surface area (Å²) >= 11 is 1.53. The predicted octanol–water partition coefficient (Wildman–Crippen LogP) is 5.29. The Morgan fingerprint density at radius 3 is 2.41 bits per heavy atom. The third kappa shape index (κ3) is 5.03. The van der Waals surface area contributed by atoms with Crippen LogP contribution in [-0.2, 0) is 17.6 Å². The largest absolute Gasteiger partial charge is 0.478 e. The first-order chi connectivity index (χ1) is 14.0. The Bertz CT molecular complexity index is 1010. The van der Waals surface area contributed by atoms with Crippen molar-refractivity contribution in [2.45, 2.75) is 32.6 Å². The highest BCUT2D eigenvalue weighted by atomic mass is 32.1. The van der Waals surface area contributed by atoms with Gasteiger partial charge in [-0.1, -0.05) is 19.4 Å². The molecule has 3 aromatic rings. The fourth-order valence-corrected chi connectivity index (χ4v) is 3.93. The van der Waals surface area contributed by atoms with Crippen molar-refractivity contribution in [2.24, 2.45) is 0 Å². The number of benzene rings is 1. The number of carbonyl (C=O) groups is 2. The summed E-state index contributed by atoms with van der Waals surface area (Å²) in [6, 6.07) is 14.4. The number of hydrogen-bond acceptors (Lipinski definition) is 3. The number of hydrogen-bond donors (Lipinski definition) is 2. The zero-order valence-corrected chi connectivity index (χ0v) is 17.0. The first-order valence-electron chi connectivity index (χ1n) is 9.50. The second-order valence-electron chi connectivity index (χ2n) is 6.77. The fourth-order valence-electron chi connectivity index (χ4n) is 3.20. The summed E-state index contributed by atoms with van der Waals surface area (Å²) < 4.78 is 2.01. The molecule has 3 rings (SSSR count). The van der Waals surface area contributed by atoms with E-state index in [1.165, 1.54) is 11.3 Å². The standard InChI is InChI=1S/C23H23NO4S/c1-2-3-5-18-11-12-20(14-17(23(27)28)15-21-6-4-13-29-21)24(18)19-9-7-16(8-10-19)22(25)26/h4,6-14H,2-3,5,15H2,1H3,(H,25,26)(H,27,28)/b17-14+. The Morgan fingerprint density at radius 1 is 1.07 bits per heavy atom. The number of unbranched alkanes of at least 4 members (excludes halogenated alkanes) is 1. The molecule has 0 spiro atoms. The maximum Gasteiger partial charge on any atom is 0.335 e. The van der Waals surface area contributed by atoms with E-state index in [4.69, 9.17) is 5.11 Å². The predicted molar refractivity (Wildman–Crippen MR) is 115 cm³/mol. The Hall–Kier alpha value is -3.12. The molecule has 5 nitrogen and oxygen atoms in total. The first kappa shape index (κ1) is 20.6. The summed E-state index contributed by atoms with van der Waals surface area (Å²) in [5.74, 6) is -1.91. The lowest BCUT2D eigenvalue weighted by Crippen LogP contribution is -2.07. The molecule has 0 saturated carbocycles. The number of aryl methyl sites for hydroxylation is 1. The van der Waals surface area contributed by atoms with Gasteiger partial charge in [-0.05, 0) is 66.8 Å². The molecule has 0 aliphatic heterocycles. The molecular weight excluding hydrogens is 386 g/mol. The van der Waals surface area contributed by atoms with E-state index in [1.807, 2.05) is 34.2 Å². The molecule has 0 bridgehead atoms. The van der Waals surface area contributed by atoms with Crippen LogP contribution in [0.1, 0.15) is 46.4 Å². The highest BCUT2D eigenvalue weighted by molar-refractivity contribution is 7.09. The number of carboxylic acids is 2. The zero-order valence-electron chi connectivity index (χ0n) is 16.2. The number of nitrogens with zero attached hydrogens (tertiary/aromatic N) is 1. The van der Waals surface area contributed by atoms with Crippen LogP contribution in [0.2, 0.25) is 0 Å². The molecule has 150 valence electrons. The average molecular weight is 410 g/mol. The first-order valence-corrected chi connectivity index (χ1v) is 10.4. The molecule has 2 N–H and O–H groups in total. The van der Waals surface area contributed by atoms with E-state index >= 15 is 0 Å². The van der Waals surface area contributed by atoms with Gasteiger partial charge in [-0.15, -0.1) is 11.3 Å². The van der Waals surface area contributed by atoms with Crippen molar-refractivity contribution in [1.29, 1.82) is 0 Å². The van der Waals surface area contributed by atoms with Crippen LogP contribution < -0.4 is 0 Å². The minimum Gasteiger partial charge on any atom is -0.478 e. The summed E-state index contributed by atoms with van der Waals surface area (Å²) in [5, 5.41) is 20.8. The molecule has 0 atom stereocenters. The topological polar surface area (TPSA) is 79.5 Å². The van der Waals surface area contributed by atoms with Gasteiger partial charge >= 0.3 is 11.9 Å². The van der Waals surface area contributed by atoms with E-state index in [0.29, 0.717) is 12.0 Å². The van der Waals surface area contributed by atoms with Crippen molar-refractivity contribution in [3.8, 4) is 5.69 Å². The molecule has 1 aromatic carbocycles. The van der Waals surface area contributed by atoms with Crippen molar-refractivity contribution in [2.75, 3.05) is 0 Å². The molecular formula is C23H23NO4S. The van der Waals surface area contributed by atoms with Gasteiger partial charge in [0, 0.05) is 33.9 Å². The lowest BCUT2D eigenvalue weighted by molar-refractivity contribution is -0.132. The second kappa shape index (κ2) is 9.39. The lowest BCUT2D eigenvalue weighted by atomic mass is 10.1. The molecule has 0 radical (unpaired) electrons. The van der Waals surface area contributed by atoms with Crippen LogP contribution in [-0.4, -0.2) is 26.7 Å². The van der Waals surface area contributed by atoms with Crippen LogP contribution in [0.25, 0.3) is 11.8 Å². The quantitative estimate of drug-likeness (QED) is 0.471. The zero-order chi connectivity index (χ0) is 20.8. The summed E-state index contributed by atoms with van der Waals surface area (Å²) in [5.41, 5.74) is 3.20. The Labute approximate surface area is 173 Å². The molecule has 0 unspecified atom stereocenters. The van der Waals surface area contributed by atoms with Crippen molar-refractivity contribution in [1.82, 2.24) is 4.57 Å². The molecule has 0 amide bonds. The fraction of sp³-hybridized carbons (Fsp3) is 0.217. The van der Waals surface area contributed by atoms with Crippen LogP contribution in [0.5, 0.6) is 0 Å².